The predicted molar refractivity (Wildman–Crippen MR) is 72.5 cm³/mol. The first-order valence-corrected chi connectivity index (χ1v) is 6.48. The van der Waals surface area contributed by atoms with E-state index >= 15 is 0 Å². The first-order valence-electron chi connectivity index (χ1n) is 6.48. The number of piperidine rings is 1. The zero-order valence-corrected chi connectivity index (χ0v) is 11.2. The lowest BCUT2D eigenvalue weighted by atomic mass is 10.00. The van der Waals surface area contributed by atoms with Crippen LogP contribution in [0.4, 0.5) is 5.82 Å². The molecule has 4 heteroatoms. The lowest BCUT2D eigenvalue weighted by Gasteiger charge is -2.29. The van der Waals surface area contributed by atoms with Gasteiger partial charge in [-0.15, -0.1) is 0 Å². The molecular formula is C14H20N4. The van der Waals surface area contributed by atoms with Gasteiger partial charge in [0.1, 0.15) is 11.9 Å². The normalized spacial score (nSPS) is 23.4. The zero-order chi connectivity index (χ0) is 13.1. The molecule has 2 atom stereocenters. The van der Waals surface area contributed by atoms with Crippen molar-refractivity contribution in [2.45, 2.75) is 45.7 Å². The van der Waals surface area contributed by atoms with Crippen LogP contribution in [-0.4, -0.2) is 23.6 Å². The van der Waals surface area contributed by atoms with Gasteiger partial charge in [0.05, 0.1) is 5.56 Å². The van der Waals surface area contributed by atoms with Gasteiger partial charge in [-0.3, -0.25) is 0 Å². The fourth-order valence-electron chi connectivity index (χ4n) is 2.54. The average Bonchev–Trinajstić information content (AvgIpc) is 2.28. The molecule has 0 spiro atoms. The largest absolute Gasteiger partial charge is 0.366 e. The standard InChI is InChI=1S/C14H20N4/c1-9-6-11(3)17-14(13(9)8-15)18-12-4-5-16-10(2)7-12/h6,10,12,16H,4-5,7H2,1-3H3,(H,17,18). The monoisotopic (exact) mass is 244 g/mol. The van der Waals surface area contributed by atoms with E-state index in [4.69, 9.17) is 0 Å². The van der Waals surface area contributed by atoms with Crippen LogP contribution in [0.25, 0.3) is 0 Å². The maximum absolute atomic E-state index is 9.23. The smallest absolute Gasteiger partial charge is 0.144 e. The third-order valence-electron chi connectivity index (χ3n) is 3.42. The topological polar surface area (TPSA) is 60.7 Å². The van der Waals surface area contributed by atoms with E-state index in [-0.39, 0.29) is 0 Å². The molecule has 0 saturated carbocycles. The third kappa shape index (κ3) is 2.80. The van der Waals surface area contributed by atoms with Crippen molar-refractivity contribution in [2.24, 2.45) is 0 Å². The van der Waals surface area contributed by atoms with Crippen molar-refractivity contribution >= 4 is 5.82 Å². The van der Waals surface area contributed by atoms with Crippen LogP contribution in [0.2, 0.25) is 0 Å². The summed E-state index contributed by atoms with van der Waals surface area (Å²) in [6, 6.07) is 5.13. The predicted octanol–water partition coefficient (Wildman–Crippen LogP) is 2.12. The third-order valence-corrected chi connectivity index (χ3v) is 3.42. The van der Waals surface area contributed by atoms with E-state index in [0.717, 1.165) is 36.5 Å². The minimum atomic E-state index is 0.405. The molecule has 1 saturated heterocycles. The van der Waals surface area contributed by atoms with E-state index in [1.165, 1.54) is 0 Å². The van der Waals surface area contributed by atoms with Gasteiger partial charge in [-0.2, -0.15) is 5.26 Å². The first kappa shape index (κ1) is 12.8. The van der Waals surface area contributed by atoms with Crippen LogP contribution in [-0.2, 0) is 0 Å². The van der Waals surface area contributed by atoms with Crippen molar-refractivity contribution in [1.29, 1.82) is 5.26 Å². The molecule has 2 N–H and O–H groups in total. The number of hydrogen-bond donors (Lipinski definition) is 2. The SMILES string of the molecule is Cc1cc(C)c(C#N)c(NC2CCNC(C)C2)n1. The maximum Gasteiger partial charge on any atom is 0.144 e. The van der Waals surface area contributed by atoms with E-state index in [1.54, 1.807) is 0 Å². The molecule has 0 amide bonds. The summed E-state index contributed by atoms with van der Waals surface area (Å²) in [7, 11) is 0. The second-order valence-electron chi connectivity index (χ2n) is 5.14. The molecular weight excluding hydrogens is 224 g/mol. The fraction of sp³-hybridized carbons (Fsp3) is 0.571. The Labute approximate surface area is 108 Å². The molecule has 1 aromatic heterocycles. The second kappa shape index (κ2) is 5.36. The number of anilines is 1. The van der Waals surface area contributed by atoms with Crippen molar-refractivity contribution in [3.63, 3.8) is 0 Å². The molecule has 1 aliphatic heterocycles. The summed E-state index contributed by atoms with van der Waals surface area (Å²) in [4.78, 5) is 4.47. The number of aromatic nitrogens is 1. The van der Waals surface area contributed by atoms with E-state index in [0.29, 0.717) is 17.6 Å². The minimum Gasteiger partial charge on any atom is -0.366 e. The van der Waals surface area contributed by atoms with Gasteiger partial charge in [-0.25, -0.2) is 4.98 Å². The average molecular weight is 244 g/mol. The van der Waals surface area contributed by atoms with Gasteiger partial charge in [0, 0.05) is 17.8 Å². The van der Waals surface area contributed by atoms with E-state index in [2.05, 4.69) is 28.6 Å². The van der Waals surface area contributed by atoms with Crippen molar-refractivity contribution < 1.29 is 0 Å². The number of pyridine rings is 1. The lowest BCUT2D eigenvalue weighted by molar-refractivity contribution is 0.395. The molecule has 2 heterocycles. The van der Waals surface area contributed by atoms with Gasteiger partial charge in [0.15, 0.2) is 0 Å². The highest BCUT2D eigenvalue weighted by Crippen LogP contribution is 2.21. The molecule has 1 aliphatic rings. The van der Waals surface area contributed by atoms with Gasteiger partial charge in [-0.05, 0) is 51.8 Å². The molecule has 2 rings (SSSR count). The second-order valence-corrected chi connectivity index (χ2v) is 5.14. The Balaban J connectivity index is 2.20. The maximum atomic E-state index is 9.23. The molecule has 96 valence electrons. The number of nitrogens with zero attached hydrogens (tertiary/aromatic N) is 2. The Morgan fingerprint density at radius 2 is 2.28 bits per heavy atom. The van der Waals surface area contributed by atoms with Crippen molar-refractivity contribution in [3.8, 4) is 6.07 Å². The van der Waals surface area contributed by atoms with Gasteiger partial charge in [0.25, 0.3) is 0 Å². The zero-order valence-electron chi connectivity index (χ0n) is 11.2. The summed E-state index contributed by atoms with van der Waals surface area (Å²) in [5, 5.41) is 16.1. The van der Waals surface area contributed by atoms with Crippen LogP contribution in [0.1, 0.15) is 36.6 Å². The molecule has 0 aromatic carbocycles. The highest BCUT2D eigenvalue weighted by molar-refractivity contribution is 5.56. The molecule has 18 heavy (non-hydrogen) atoms. The van der Waals surface area contributed by atoms with Gasteiger partial charge < -0.3 is 10.6 Å². The number of hydrogen-bond acceptors (Lipinski definition) is 4. The van der Waals surface area contributed by atoms with Crippen molar-refractivity contribution in [3.05, 3.63) is 22.9 Å². The minimum absolute atomic E-state index is 0.405. The summed E-state index contributed by atoms with van der Waals surface area (Å²) < 4.78 is 0. The van der Waals surface area contributed by atoms with Gasteiger partial charge in [0.2, 0.25) is 0 Å². The Morgan fingerprint density at radius 1 is 1.50 bits per heavy atom. The van der Waals surface area contributed by atoms with Crippen LogP contribution in [0.5, 0.6) is 0 Å². The number of aryl methyl sites for hydroxylation is 2. The highest BCUT2D eigenvalue weighted by atomic mass is 15.0. The summed E-state index contributed by atoms with van der Waals surface area (Å²) in [6.45, 7) is 7.13. The fourth-order valence-corrected chi connectivity index (χ4v) is 2.54. The Hall–Kier alpha value is -1.60. The molecule has 0 aliphatic carbocycles. The Bertz CT molecular complexity index is 475. The quantitative estimate of drug-likeness (QED) is 0.836. The number of nitriles is 1. The van der Waals surface area contributed by atoms with Crippen molar-refractivity contribution in [1.82, 2.24) is 10.3 Å². The lowest BCUT2D eigenvalue weighted by Crippen LogP contribution is -2.41. The van der Waals surface area contributed by atoms with Crippen LogP contribution in [0.3, 0.4) is 0 Å². The van der Waals surface area contributed by atoms with Crippen LogP contribution >= 0.6 is 0 Å². The number of nitrogens with one attached hydrogen (secondary N) is 2. The summed E-state index contributed by atoms with van der Waals surface area (Å²) in [6.07, 6.45) is 2.14. The highest BCUT2D eigenvalue weighted by Gasteiger charge is 2.20. The van der Waals surface area contributed by atoms with Crippen molar-refractivity contribution in [2.75, 3.05) is 11.9 Å². The first-order chi connectivity index (χ1) is 8.60. The number of rotatable bonds is 2. The molecule has 2 unspecified atom stereocenters. The van der Waals surface area contributed by atoms with E-state index < -0.39 is 0 Å². The van der Waals surface area contributed by atoms with Gasteiger partial charge in [-0.1, -0.05) is 0 Å². The van der Waals surface area contributed by atoms with E-state index in [9.17, 15) is 5.26 Å². The summed E-state index contributed by atoms with van der Waals surface area (Å²) >= 11 is 0. The molecule has 0 radical (unpaired) electrons. The van der Waals surface area contributed by atoms with Crippen LogP contribution in [0.15, 0.2) is 6.07 Å². The Morgan fingerprint density at radius 3 is 2.94 bits per heavy atom. The van der Waals surface area contributed by atoms with E-state index in [1.807, 2.05) is 19.9 Å². The molecule has 0 bridgehead atoms. The molecule has 1 fully saturated rings. The van der Waals surface area contributed by atoms with Gasteiger partial charge >= 0.3 is 0 Å². The molecule has 1 aromatic rings. The Kier molecular flexibility index (Phi) is 3.83. The molecule has 4 nitrogen and oxygen atoms in total. The van der Waals surface area contributed by atoms with Crippen LogP contribution < -0.4 is 10.6 Å². The van der Waals surface area contributed by atoms with Crippen LogP contribution in [0, 0.1) is 25.2 Å². The summed E-state index contributed by atoms with van der Waals surface area (Å²) in [5.41, 5.74) is 2.62. The summed E-state index contributed by atoms with van der Waals surface area (Å²) in [5.74, 6) is 0.745.